The summed E-state index contributed by atoms with van der Waals surface area (Å²) in [7, 11) is -6.43. The number of halogens is 5. The van der Waals surface area contributed by atoms with Crippen molar-refractivity contribution < 1.29 is 53.7 Å². The first-order valence-electron chi connectivity index (χ1n) is 11.5. The van der Waals surface area contributed by atoms with Crippen molar-refractivity contribution in [2.45, 2.75) is 40.3 Å². The minimum atomic E-state index is -6.43. The van der Waals surface area contributed by atoms with Crippen LogP contribution in [0, 0.1) is 0 Å². The molecule has 0 saturated carbocycles. The lowest BCUT2D eigenvalue weighted by atomic mass is 10.0. The first-order valence-corrected chi connectivity index (χ1v) is 14.8. The number of alkyl halides is 5. The van der Waals surface area contributed by atoms with Crippen LogP contribution in [0.1, 0.15) is 24.2 Å². The molecule has 2 heterocycles. The van der Waals surface area contributed by atoms with Crippen LogP contribution in [0.15, 0.2) is 72.1 Å². The minimum absolute atomic E-state index is 0.0759. The summed E-state index contributed by atoms with van der Waals surface area (Å²) in [5.41, 5.74) is -6.23. The summed E-state index contributed by atoms with van der Waals surface area (Å²) < 4.78 is 100. The maximum absolute atomic E-state index is 13.7. The van der Waals surface area contributed by atoms with Crippen molar-refractivity contribution >= 4 is 51.4 Å². The van der Waals surface area contributed by atoms with Gasteiger partial charge in [-0.2, -0.15) is 30.4 Å². The van der Waals surface area contributed by atoms with Gasteiger partial charge in [0.1, 0.15) is 16.0 Å². The van der Waals surface area contributed by atoms with Gasteiger partial charge in [-0.05, 0) is 11.1 Å². The normalized spacial score (nSPS) is 20.9. The summed E-state index contributed by atoms with van der Waals surface area (Å²) in [6.07, 6.45) is -1.20. The molecular formula is C24H19F5N2O7S3. The summed E-state index contributed by atoms with van der Waals surface area (Å²) in [4.78, 5) is 39.0. The predicted octanol–water partition coefficient (Wildman–Crippen LogP) is 4.10. The van der Waals surface area contributed by atoms with E-state index in [2.05, 4.69) is 9.50 Å². The maximum atomic E-state index is 13.7. The zero-order valence-electron chi connectivity index (χ0n) is 20.6. The van der Waals surface area contributed by atoms with Crippen LogP contribution in [-0.2, 0) is 33.4 Å². The Morgan fingerprint density at radius 1 is 1.02 bits per heavy atom. The van der Waals surface area contributed by atoms with Crippen molar-refractivity contribution in [3.05, 3.63) is 83.2 Å². The second kappa shape index (κ2) is 11.9. The molecule has 2 amide bonds. The molecule has 1 N–H and O–H groups in total. The molecule has 2 aromatic rings. The fourth-order valence-corrected chi connectivity index (χ4v) is 7.01. The van der Waals surface area contributed by atoms with E-state index >= 15 is 0 Å². The highest BCUT2D eigenvalue weighted by molar-refractivity contribution is 8.05. The number of esters is 1. The molecule has 0 radical (unpaired) electrons. The Bertz CT molecular complexity index is 1420. The Hall–Kier alpha value is -3.31. The number of nitrogens with zero attached hydrogens (tertiary/aromatic N) is 1. The number of rotatable bonds is 9. The molecule has 41 heavy (non-hydrogen) atoms. The van der Waals surface area contributed by atoms with Crippen LogP contribution in [0.4, 0.5) is 22.0 Å². The molecule has 3 atom stereocenters. The van der Waals surface area contributed by atoms with E-state index in [-0.39, 0.29) is 11.8 Å². The minimum Gasteiger partial charge on any atom is -0.448 e. The zero-order valence-corrected chi connectivity index (χ0v) is 23.0. The second-order valence-electron chi connectivity index (χ2n) is 8.44. The standard InChI is InChI=1S/C24H19F5N2O7S3/c1-12(32)30-19-17(38-41(35,36)24(27,28)29)15(31-20(33)18(21(31)40-19)39-23(25)26)22(34)37-16(13-8-4-2-5-9-13)14-10-6-3-7-11-14/h2-11,16,18-19,21,23H,1H3,(H,30,32)/t18?,19?,21-/m1/s1. The first-order chi connectivity index (χ1) is 19.2. The fraction of sp³-hybridized carbons (Fsp3) is 0.292. The number of carbonyl (C=O) groups excluding carboxylic acids is 3. The molecule has 2 aromatic carbocycles. The molecule has 2 unspecified atom stereocenters. The highest BCUT2D eigenvalue weighted by Crippen LogP contribution is 2.50. The Morgan fingerprint density at radius 3 is 2.02 bits per heavy atom. The molecular weight excluding hydrogens is 619 g/mol. The highest BCUT2D eigenvalue weighted by Gasteiger charge is 2.60. The van der Waals surface area contributed by atoms with Crippen LogP contribution in [0.5, 0.6) is 0 Å². The number of β-lactam (4-membered cyclic amide) rings is 1. The third-order valence-electron chi connectivity index (χ3n) is 5.67. The van der Waals surface area contributed by atoms with Crippen molar-refractivity contribution in [3.8, 4) is 0 Å². The second-order valence-corrected chi connectivity index (χ2v) is 12.3. The van der Waals surface area contributed by atoms with Crippen molar-refractivity contribution in [1.82, 2.24) is 10.2 Å². The van der Waals surface area contributed by atoms with Crippen LogP contribution in [0.25, 0.3) is 0 Å². The SMILES string of the molecule is CC(=O)NC1S[C@@H]2C(SC(F)F)C(=O)N2C(C(=O)OC(c2ccccc2)c2ccccc2)=C1OS(=O)(=O)C(F)(F)F. The van der Waals surface area contributed by atoms with Gasteiger partial charge in [-0.25, -0.2) is 4.79 Å². The largest absolute Gasteiger partial charge is 0.534 e. The zero-order chi connectivity index (χ0) is 30.1. The van der Waals surface area contributed by atoms with E-state index < -0.39 is 72.7 Å². The number of thioether (sulfide) groups is 2. The highest BCUT2D eigenvalue weighted by atomic mass is 32.2. The number of fused-ring (bicyclic) bond motifs is 1. The molecule has 9 nitrogen and oxygen atoms in total. The smallest absolute Gasteiger partial charge is 0.448 e. The number of carbonyl (C=O) groups is 3. The molecule has 0 spiro atoms. The monoisotopic (exact) mass is 638 g/mol. The quantitative estimate of drug-likeness (QED) is 0.142. The van der Waals surface area contributed by atoms with Crippen LogP contribution in [0.3, 0.4) is 0 Å². The molecule has 0 bridgehead atoms. The van der Waals surface area contributed by atoms with Gasteiger partial charge in [0, 0.05) is 6.92 Å². The molecule has 220 valence electrons. The summed E-state index contributed by atoms with van der Waals surface area (Å²) in [6.45, 7) is 0.943. The summed E-state index contributed by atoms with van der Waals surface area (Å²) in [5.74, 6) is -7.80. The lowest BCUT2D eigenvalue weighted by Crippen LogP contribution is -2.66. The third-order valence-corrected chi connectivity index (χ3v) is 9.13. The van der Waals surface area contributed by atoms with E-state index in [9.17, 15) is 44.8 Å². The molecule has 1 fully saturated rings. The van der Waals surface area contributed by atoms with Crippen molar-refractivity contribution in [2.24, 2.45) is 0 Å². The lowest BCUT2D eigenvalue weighted by molar-refractivity contribution is -0.152. The predicted molar refractivity (Wildman–Crippen MR) is 137 cm³/mol. The number of hydrogen-bond acceptors (Lipinski definition) is 9. The number of amides is 2. The first kappa shape index (κ1) is 30.6. The van der Waals surface area contributed by atoms with Crippen LogP contribution < -0.4 is 5.32 Å². The van der Waals surface area contributed by atoms with Crippen LogP contribution in [-0.4, -0.2) is 58.4 Å². The Kier molecular flexibility index (Phi) is 8.89. The number of nitrogens with one attached hydrogen (secondary N) is 1. The van der Waals surface area contributed by atoms with E-state index in [0.717, 1.165) is 6.92 Å². The summed E-state index contributed by atoms with van der Waals surface area (Å²) in [5, 5.41) is -2.43. The van der Waals surface area contributed by atoms with E-state index in [1.165, 1.54) is 0 Å². The van der Waals surface area contributed by atoms with Gasteiger partial charge in [-0.15, -0.1) is 11.8 Å². The molecule has 0 aromatic heterocycles. The van der Waals surface area contributed by atoms with Gasteiger partial charge in [0.15, 0.2) is 17.6 Å². The molecule has 2 aliphatic heterocycles. The number of hydrogen-bond donors (Lipinski definition) is 1. The van der Waals surface area contributed by atoms with Gasteiger partial charge in [-0.1, -0.05) is 72.4 Å². The van der Waals surface area contributed by atoms with Crippen molar-refractivity contribution in [3.63, 3.8) is 0 Å². The molecule has 4 rings (SSSR count). The Labute approximate surface area is 238 Å². The van der Waals surface area contributed by atoms with E-state index in [0.29, 0.717) is 27.8 Å². The lowest BCUT2D eigenvalue weighted by Gasteiger charge is -2.50. The third kappa shape index (κ3) is 6.46. The summed E-state index contributed by atoms with van der Waals surface area (Å²) >= 11 is 0.376. The van der Waals surface area contributed by atoms with Crippen LogP contribution in [0.2, 0.25) is 0 Å². The van der Waals surface area contributed by atoms with Gasteiger partial charge in [0.2, 0.25) is 11.8 Å². The van der Waals surface area contributed by atoms with E-state index in [4.69, 9.17) is 4.74 Å². The average molecular weight is 639 g/mol. The summed E-state index contributed by atoms with van der Waals surface area (Å²) in [6, 6.07) is 16.1. The number of ether oxygens (including phenoxy) is 1. The molecule has 17 heteroatoms. The van der Waals surface area contributed by atoms with Gasteiger partial charge in [0.05, 0.1) is 0 Å². The average Bonchev–Trinajstić information content (AvgIpc) is 2.90. The van der Waals surface area contributed by atoms with Gasteiger partial charge in [0.25, 0.3) is 5.76 Å². The van der Waals surface area contributed by atoms with Gasteiger partial charge in [-0.3, -0.25) is 14.5 Å². The van der Waals surface area contributed by atoms with Gasteiger partial charge >= 0.3 is 21.6 Å². The van der Waals surface area contributed by atoms with E-state index in [1.807, 2.05) is 0 Å². The Balaban J connectivity index is 1.85. The van der Waals surface area contributed by atoms with Crippen LogP contribution >= 0.6 is 23.5 Å². The maximum Gasteiger partial charge on any atom is 0.534 e. The molecule has 0 aliphatic carbocycles. The molecule has 1 saturated heterocycles. The van der Waals surface area contributed by atoms with Crippen molar-refractivity contribution in [1.29, 1.82) is 0 Å². The Morgan fingerprint density at radius 2 is 1.56 bits per heavy atom. The topological polar surface area (TPSA) is 119 Å². The molecule has 2 aliphatic rings. The number of benzene rings is 2. The van der Waals surface area contributed by atoms with Gasteiger partial charge < -0.3 is 14.2 Å². The van der Waals surface area contributed by atoms with E-state index in [1.54, 1.807) is 60.7 Å². The van der Waals surface area contributed by atoms with Crippen molar-refractivity contribution in [2.75, 3.05) is 0 Å². The fourth-order valence-electron chi connectivity index (χ4n) is 3.97.